The summed E-state index contributed by atoms with van der Waals surface area (Å²) >= 11 is 0. The van der Waals surface area contributed by atoms with Crippen LogP contribution < -0.4 is 15.2 Å². The number of nitrogens with zero attached hydrogens (tertiary/aromatic N) is 5. The Morgan fingerprint density at radius 3 is 2.63 bits per heavy atom. The molecular formula is C27H32FN5O2. The Hall–Kier alpha value is -3.44. The number of rotatable bonds is 6. The predicted octanol–water partition coefficient (Wildman–Crippen LogP) is 5.07. The molecule has 0 saturated carbocycles. The van der Waals surface area contributed by atoms with Crippen LogP contribution in [-0.4, -0.2) is 46.7 Å². The van der Waals surface area contributed by atoms with Crippen LogP contribution in [0.3, 0.4) is 0 Å². The van der Waals surface area contributed by atoms with Crippen molar-refractivity contribution in [2.45, 2.75) is 51.7 Å². The number of hydrogen-bond acceptors (Lipinski definition) is 5. The number of benzene rings is 1. The quantitative estimate of drug-likeness (QED) is 0.464. The Morgan fingerprint density at radius 2 is 2.00 bits per heavy atom. The number of ether oxygens (including phenoxy) is 1. The number of piperazine rings is 1. The van der Waals surface area contributed by atoms with Gasteiger partial charge in [0.2, 0.25) is 5.52 Å². The van der Waals surface area contributed by atoms with E-state index in [1.807, 2.05) is 12.1 Å². The highest BCUT2D eigenvalue weighted by atomic mass is 19.1. The minimum absolute atomic E-state index is 0.0701. The molecule has 0 amide bonds. The van der Waals surface area contributed by atoms with E-state index in [4.69, 9.17) is 11.3 Å². The molecule has 3 heterocycles. The third kappa shape index (κ3) is 4.48. The fraction of sp³-hybridized carbons (Fsp3) is 0.444. The zero-order chi connectivity index (χ0) is 25.3. The molecule has 1 aliphatic heterocycles. The Labute approximate surface area is 205 Å². The molecule has 184 valence electrons. The number of fused-ring (bicyclic) bond motifs is 1. The third-order valence-corrected chi connectivity index (χ3v) is 7.19. The molecule has 4 rings (SSSR count). The smallest absolute Gasteiger partial charge is 0.270 e. The van der Waals surface area contributed by atoms with Gasteiger partial charge in [0, 0.05) is 56.0 Å². The number of halogens is 1. The summed E-state index contributed by atoms with van der Waals surface area (Å²) < 4.78 is 21.8. The van der Waals surface area contributed by atoms with E-state index in [0.717, 1.165) is 25.1 Å². The first-order valence-corrected chi connectivity index (χ1v) is 12.1. The van der Waals surface area contributed by atoms with Gasteiger partial charge in [0.15, 0.2) is 0 Å². The number of methoxy groups -OCH3 is 1. The first-order valence-electron chi connectivity index (χ1n) is 12.1. The lowest BCUT2D eigenvalue weighted by molar-refractivity contribution is 0.100. The van der Waals surface area contributed by atoms with E-state index in [1.165, 1.54) is 13.2 Å². The molecular weight excluding hydrogens is 445 g/mol. The van der Waals surface area contributed by atoms with Crippen molar-refractivity contribution < 1.29 is 9.13 Å². The van der Waals surface area contributed by atoms with Crippen molar-refractivity contribution in [3.63, 3.8) is 0 Å². The van der Waals surface area contributed by atoms with Gasteiger partial charge >= 0.3 is 0 Å². The lowest BCUT2D eigenvalue weighted by Gasteiger charge is -2.49. The summed E-state index contributed by atoms with van der Waals surface area (Å²) in [6.45, 7) is 15.1. The molecule has 2 aromatic heterocycles. The van der Waals surface area contributed by atoms with Crippen molar-refractivity contribution in [3.05, 3.63) is 69.5 Å². The largest absolute Gasteiger partial charge is 0.497 e. The summed E-state index contributed by atoms with van der Waals surface area (Å²) in [6.07, 6.45) is 1.62. The molecule has 1 aliphatic rings. The minimum atomic E-state index is -0.257. The fourth-order valence-electron chi connectivity index (χ4n) is 5.26. The van der Waals surface area contributed by atoms with E-state index in [9.17, 15) is 4.79 Å². The number of hydrogen-bond donors (Lipinski definition) is 0. The molecule has 3 atom stereocenters. The molecule has 0 bridgehead atoms. The topological polar surface area (TPSA) is 55.0 Å². The van der Waals surface area contributed by atoms with Crippen LogP contribution in [0.2, 0.25) is 0 Å². The van der Waals surface area contributed by atoms with Crippen LogP contribution in [0.4, 0.5) is 15.9 Å². The van der Waals surface area contributed by atoms with E-state index in [1.54, 1.807) is 29.8 Å². The van der Waals surface area contributed by atoms with Crippen molar-refractivity contribution in [2.24, 2.45) is 7.05 Å². The van der Waals surface area contributed by atoms with Crippen LogP contribution in [-0.2, 0) is 7.05 Å². The lowest BCUT2D eigenvalue weighted by Crippen LogP contribution is -2.58. The number of aryl methyl sites for hydroxylation is 1. The van der Waals surface area contributed by atoms with Gasteiger partial charge in [-0.15, -0.1) is 4.98 Å². The summed E-state index contributed by atoms with van der Waals surface area (Å²) in [5, 5.41) is 0. The molecule has 7 nitrogen and oxygen atoms in total. The molecule has 0 radical (unpaired) electrons. The summed E-state index contributed by atoms with van der Waals surface area (Å²) in [5.74, 6) is 0.555. The third-order valence-electron chi connectivity index (χ3n) is 7.19. The summed E-state index contributed by atoms with van der Waals surface area (Å²) in [5.41, 5.74) is 2.69. The Bertz CT molecular complexity index is 1330. The zero-order valence-electron chi connectivity index (χ0n) is 21.0. The van der Waals surface area contributed by atoms with Gasteiger partial charge in [0.1, 0.15) is 11.6 Å². The number of anilines is 1. The van der Waals surface area contributed by atoms with Gasteiger partial charge in [-0.3, -0.25) is 9.69 Å². The molecule has 1 unspecified atom stereocenters. The van der Waals surface area contributed by atoms with Crippen molar-refractivity contribution >= 4 is 22.5 Å². The van der Waals surface area contributed by atoms with E-state index >= 15 is 4.39 Å². The van der Waals surface area contributed by atoms with E-state index < -0.39 is 0 Å². The molecule has 1 aromatic carbocycles. The SMILES string of the molecule is [C-]#[N+]c1ccc2c(n1)c(N1C[C@@H](C)N(C(CC)c3ccc(OC)cc3F)C[C@@H]1CC)cc(=O)n2C. The van der Waals surface area contributed by atoms with Crippen molar-refractivity contribution in [1.82, 2.24) is 14.5 Å². The molecule has 35 heavy (non-hydrogen) atoms. The second-order valence-corrected chi connectivity index (χ2v) is 9.15. The maximum atomic E-state index is 15.0. The predicted molar refractivity (Wildman–Crippen MR) is 137 cm³/mol. The molecule has 1 fully saturated rings. The van der Waals surface area contributed by atoms with Crippen molar-refractivity contribution in [2.75, 3.05) is 25.1 Å². The average molecular weight is 478 g/mol. The van der Waals surface area contributed by atoms with Crippen LogP contribution in [0.15, 0.2) is 41.2 Å². The minimum Gasteiger partial charge on any atom is -0.497 e. The number of aromatic nitrogens is 2. The Balaban J connectivity index is 1.73. The van der Waals surface area contributed by atoms with Gasteiger partial charge in [-0.05, 0) is 38.0 Å². The van der Waals surface area contributed by atoms with Crippen LogP contribution in [0.5, 0.6) is 5.75 Å². The second kappa shape index (κ2) is 10.0. The van der Waals surface area contributed by atoms with Crippen LogP contribution >= 0.6 is 0 Å². The Morgan fingerprint density at radius 1 is 1.23 bits per heavy atom. The summed E-state index contributed by atoms with van der Waals surface area (Å²) in [4.78, 5) is 25.5. The standard InChI is InChI=1S/C27H32FN5O2/c1-7-18-16-32(22(8-2)20-10-9-19(35-6)13-21(20)28)17(3)15-33(18)24-14-26(34)31(5)23-11-12-25(29-4)30-27(23)24/h9-14,17-18,22H,7-8,15-16H2,1-3,5-6H3/t17-,18+,22?/m1/s1. The van der Waals surface area contributed by atoms with Crippen molar-refractivity contribution in [3.8, 4) is 5.75 Å². The van der Waals surface area contributed by atoms with Crippen molar-refractivity contribution in [1.29, 1.82) is 0 Å². The lowest BCUT2D eigenvalue weighted by atomic mass is 9.95. The maximum Gasteiger partial charge on any atom is 0.270 e. The highest BCUT2D eigenvalue weighted by molar-refractivity contribution is 5.89. The molecule has 0 N–H and O–H groups in total. The molecule has 0 aliphatic carbocycles. The highest BCUT2D eigenvalue weighted by Crippen LogP contribution is 2.36. The average Bonchev–Trinajstić information content (AvgIpc) is 2.87. The fourth-order valence-corrected chi connectivity index (χ4v) is 5.26. The molecule has 0 spiro atoms. The van der Waals surface area contributed by atoms with Crippen LogP contribution in [0, 0.1) is 12.4 Å². The monoisotopic (exact) mass is 477 g/mol. The summed E-state index contributed by atoms with van der Waals surface area (Å²) in [7, 11) is 3.26. The zero-order valence-corrected chi connectivity index (χ0v) is 21.0. The maximum absolute atomic E-state index is 15.0. The van der Waals surface area contributed by atoms with Gasteiger partial charge in [-0.2, -0.15) is 0 Å². The van der Waals surface area contributed by atoms with E-state index in [-0.39, 0.29) is 29.5 Å². The van der Waals surface area contributed by atoms with E-state index in [0.29, 0.717) is 34.7 Å². The van der Waals surface area contributed by atoms with Gasteiger partial charge < -0.3 is 19.0 Å². The molecule has 8 heteroatoms. The second-order valence-electron chi connectivity index (χ2n) is 9.15. The Kier molecular flexibility index (Phi) is 7.08. The summed E-state index contributed by atoms with van der Waals surface area (Å²) in [6, 6.07) is 10.3. The van der Waals surface area contributed by atoms with Gasteiger partial charge in [0.05, 0.1) is 18.3 Å². The van der Waals surface area contributed by atoms with Crippen LogP contribution in [0.25, 0.3) is 15.9 Å². The first-order chi connectivity index (χ1) is 16.8. The van der Waals surface area contributed by atoms with Gasteiger partial charge in [-0.25, -0.2) is 4.39 Å². The van der Waals surface area contributed by atoms with Crippen LogP contribution in [0.1, 0.15) is 45.2 Å². The molecule has 1 saturated heterocycles. The molecule has 3 aromatic rings. The number of pyridine rings is 2. The van der Waals surface area contributed by atoms with Gasteiger partial charge in [-0.1, -0.05) is 26.5 Å². The van der Waals surface area contributed by atoms with Gasteiger partial charge in [0.25, 0.3) is 11.4 Å². The van der Waals surface area contributed by atoms with E-state index in [2.05, 4.69) is 40.4 Å². The first kappa shape index (κ1) is 24.7. The normalized spacial score (nSPS) is 19.5. The highest BCUT2D eigenvalue weighted by Gasteiger charge is 2.37.